The summed E-state index contributed by atoms with van der Waals surface area (Å²) in [5.41, 5.74) is 8.46. The molecule has 0 aliphatic carbocycles. The molecule has 2 aromatic heterocycles. The lowest BCUT2D eigenvalue weighted by Gasteiger charge is -2.08. The summed E-state index contributed by atoms with van der Waals surface area (Å²) < 4.78 is 12.9. The Labute approximate surface area is 217 Å². The lowest BCUT2D eigenvalue weighted by atomic mass is 9.95. The van der Waals surface area contributed by atoms with Crippen LogP contribution >= 0.6 is 0 Å². The number of nitrogens with zero attached hydrogens (tertiary/aromatic N) is 1. The summed E-state index contributed by atoms with van der Waals surface area (Å²) >= 11 is 0. The molecule has 0 amide bonds. The maximum Gasteiger partial charge on any atom is 0.147 e. The van der Waals surface area contributed by atoms with Crippen molar-refractivity contribution >= 4 is 54.6 Å². The topological polar surface area (TPSA) is 50.1 Å². The van der Waals surface area contributed by atoms with Crippen LogP contribution in [0, 0.1) is 11.3 Å². The number of hydrogen-bond acceptors (Lipinski definition) is 3. The van der Waals surface area contributed by atoms with Crippen molar-refractivity contribution < 1.29 is 8.83 Å². The molecule has 6 aromatic carbocycles. The average Bonchev–Trinajstić information content (AvgIpc) is 3.55. The zero-order valence-corrected chi connectivity index (χ0v) is 20.2. The molecule has 0 radical (unpaired) electrons. The van der Waals surface area contributed by atoms with E-state index in [1.807, 2.05) is 54.6 Å². The molecule has 0 saturated carbocycles. The van der Waals surface area contributed by atoms with E-state index < -0.39 is 0 Å². The van der Waals surface area contributed by atoms with Crippen molar-refractivity contribution in [2.24, 2.45) is 0 Å². The Morgan fingerprint density at radius 1 is 0.500 bits per heavy atom. The predicted octanol–water partition coefficient (Wildman–Crippen LogP) is 9.84. The second kappa shape index (κ2) is 7.83. The zero-order chi connectivity index (χ0) is 25.2. The Hall–Kier alpha value is -5.33. The molecule has 0 aliphatic heterocycles. The van der Waals surface area contributed by atoms with Gasteiger partial charge >= 0.3 is 0 Å². The van der Waals surface area contributed by atoms with Gasteiger partial charge in [-0.25, -0.2) is 0 Å². The van der Waals surface area contributed by atoms with Crippen LogP contribution in [0.1, 0.15) is 5.56 Å². The Morgan fingerprint density at radius 2 is 1.11 bits per heavy atom. The standard InChI is InChI=1S/C35H19NO2/c36-20-21-9-11-22(12-10-21)23-13-14-25-18-26(16-15-24(25)17-23)29-19-30-27-5-1-3-7-31(27)37-35(30)33-28-6-2-4-8-32(28)38-34(29)33/h1-19H. The first-order chi connectivity index (χ1) is 18.8. The predicted molar refractivity (Wildman–Crippen MR) is 154 cm³/mol. The van der Waals surface area contributed by atoms with E-state index in [-0.39, 0.29) is 0 Å². The van der Waals surface area contributed by atoms with Crippen LogP contribution < -0.4 is 0 Å². The van der Waals surface area contributed by atoms with Crippen molar-refractivity contribution in [2.75, 3.05) is 0 Å². The molecule has 2 heterocycles. The molecule has 0 fully saturated rings. The molecular formula is C35H19NO2. The van der Waals surface area contributed by atoms with Gasteiger partial charge in [-0.3, -0.25) is 0 Å². The Morgan fingerprint density at radius 3 is 1.87 bits per heavy atom. The minimum Gasteiger partial charge on any atom is -0.455 e. The van der Waals surface area contributed by atoms with Crippen LogP contribution in [0.15, 0.2) is 124 Å². The van der Waals surface area contributed by atoms with Gasteiger partial charge in [0.25, 0.3) is 0 Å². The number of hydrogen-bond donors (Lipinski definition) is 0. The molecule has 3 nitrogen and oxygen atoms in total. The van der Waals surface area contributed by atoms with Crippen molar-refractivity contribution in [3.05, 3.63) is 121 Å². The van der Waals surface area contributed by atoms with Gasteiger partial charge in [0.05, 0.1) is 17.0 Å². The fourth-order valence-corrected chi connectivity index (χ4v) is 5.61. The van der Waals surface area contributed by atoms with Gasteiger partial charge in [-0.2, -0.15) is 5.26 Å². The van der Waals surface area contributed by atoms with E-state index >= 15 is 0 Å². The van der Waals surface area contributed by atoms with Crippen LogP contribution in [0.5, 0.6) is 0 Å². The van der Waals surface area contributed by atoms with Crippen LogP contribution in [0.4, 0.5) is 0 Å². The van der Waals surface area contributed by atoms with Crippen LogP contribution in [0.2, 0.25) is 0 Å². The monoisotopic (exact) mass is 485 g/mol. The average molecular weight is 486 g/mol. The normalized spacial score (nSPS) is 11.7. The van der Waals surface area contributed by atoms with E-state index in [0.29, 0.717) is 5.56 Å². The number of furan rings is 2. The van der Waals surface area contributed by atoms with Crippen molar-refractivity contribution in [1.82, 2.24) is 0 Å². The third-order valence-corrected chi connectivity index (χ3v) is 7.49. The summed E-state index contributed by atoms with van der Waals surface area (Å²) in [5, 5.41) is 15.7. The van der Waals surface area contributed by atoms with E-state index in [1.165, 1.54) is 0 Å². The Balaban J connectivity index is 1.36. The summed E-state index contributed by atoms with van der Waals surface area (Å²) in [6.45, 7) is 0. The first-order valence-corrected chi connectivity index (χ1v) is 12.6. The minimum absolute atomic E-state index is 0.665. The molecule has 38 heavy (non-hydrogen) atoms. The molecular weight excluding hydrogens is 466 g/mol. The molecule has 0 atom stereocenters. The Bertz CT molecular complexity index is 2240. The summed E-state index contributed by atoms with van der Waals surface area (Å²) in [4.78, 5) is 0. The molecule has 0 spiro atoms. The van der Waals surface area contributed by atoms with Gasteiger partial charge in [0.2, 0.25) is 0 Å². The minimum atomic E-state index is 0.665. The summed E-state index contributed by atoms with van der Waals surface area (Å²) in [7, 11) is 0. The molecule has 0 N–H and O–H groups in total. The third-order valence-electron chi connectivity index (χ3n) is 7.49. The Kier molecular flexibility index (Phi) is 4.29. The van der Waals surface area contributed by atoms with Gasteiger partial charge in [-0.1, -0.05) is 72.8 Å². The molecule has 8 aromatic rings. The molecule has 0 saturated heterocycles. The van der Waals surface area contributed by atoms with E-state index in [4.69, 9.17) is 14.1 Å². The highest BCUT2D eigenvalue weighted by Gasteiger charge is 2.20. The van der Waals surface area contributed by atoms with Crippen LogP contribution in [-0.2, 0) is 0 Å². The number of nitriles is 1. The zero-order valence-electron chi connectivity index (χ0n) is 20.2. The highest BCUT2D eigenvalue weighted by molar-refractivity contribution is 6.25. The van der Waals surface area contributed by atoms with Gasteiger partial charge in [0.1, 0.15) is 22.3 Å². The SMILES string of the molecule is N#Cc1ccc(-c2ccc3cc(-c4cc5c6ccccc6oc5c5c4oc4ccccc45)ccc3c2)cc1. The van der Waals surface area contributed by atoms with E-state index in [2.05, 4.69) is 66.7 Å². The second-order valence-electron chi connectivity index (χ2n) is 9.67. The number of fused-ring (bicyclic) bond motifs is 8. The largest absolute Gasteiger partial charge is 0.455 e. The van der Waals surface area contributed by atoms with E-state index in [0.717, 1.165) is 76.9 Å². The molecule has 176 valence electrons. The number of rotatable bonds is 2. The van der Waals surface area contributed by atoms with Crippen molar-refractivity contribution in [2.45, 2.75) is 0 Å². The smallest absolute Gasteiger partial charge is 0.147 e. The van der Waals surface area contributed by atoms with Gasteiger partial charge in [-0.15, -0.1) is 0 Å². The van der Waals surface area contributed by atoms with Crippen molar-refractivity contribution in [1.29, 1.82) is 5.26 Å². The lowest BCUT2D eigenvalue weighted by Crippen LogP contribution is -1.84. The van der Waals surface area contributed by atoms with Crippen molar-refractivity contribution in [3.8, 4) is 28.3 Å². The summed E-state index contributed by atoms with van der Waals surface area (Å²) in [6.07, 6.45) is 0. The summed E-state index contributed by atoms with van der Waals surface area (Å²) in [6, 6.07) is 41.5. The van der Waals surface area contributed by atoms with E-state index in [1.54, 1.807) is 0 Å². The lowest BCUT2D eigenvalue weighted by molar-refractivity contribution is 0.663. The van der Waals surface area contributed by atoms with Gasteiger partial charge in [-0.05, 0) is 69.9 Å². The van der Waals surface area contributed by atoms with Gasteiger partial charge in [0.15, 0.2) is 0 Å². The molecule has 8 rings (SSSR count). The maximum absolute atomic E-state index is 9.10. The molecule has 3 heteroatoms. The molecule has 0 bridgehead atoms. The summed E-state index contributed by atoms with van der Waals surface area (Å²) in [5.74, 6) is 0. The quantitative estimate of drug-likeness (QED) is 0.245. The highest BCUT2D eigenvalue weighted by atomic mass is 16.3. The first-order valence-electron chi connectivity index (χ1n) is 12.6. The molecule has 0 aliphatic rings. The van der Waals surface area contributed by atoms with Gasteiger partial charge in [0, 0.05) is 21.7 Å². The van der Waals surface area contributed by atoms with Crippen LogP contribution in [-0.4, -0.2) is 0 Å². The first kappa shape index (κ1) is 20.8. The fraction of sp³-hybridized carbons (Fsp3) is 0. The fourth-order valence-electron chi connectivity index (χ4n) is 5.61. The number of para-hydroxylation sites is 2. The number of benzene rings is 6. The van der Waals surface area contributed by atoms with Crippen LogP contribution in [0.3, 0.4) is 0 Å². The third kappa shape index (κ3) is 3.01. The second-order valence-corrected chi connectivity index (χ2v) is 9.67. The van der Waals surface area contributed by atoms with Crippen LogP contribution in [0.25, 0.3) is 76.9 Å². The van der Waals surface area contributed by atoms with Crippen molar-refractivity contribution in [3.63, 3.8) is 0 Å². The highest BCUT2D eigenvalue weighted by Crippen LogP contribution is 2.44. The maximum atomic E-state index is 9.10. The van der Waals surface area contributed by atoms with Gasteiger partial charge < -0.3 is 8.83 Å². The van der Waals surface area contributed by atoms with E-state index in [9.17, 15) is 0 Å². The molecule has 0 unspecified atom stereocenters.